The van der Waals surface area contributed by atoms with E-state index in [-0.39, 0.29) is 0 Å². The summed E-state index contributed by atoms with van der Waals surface area (Å²) in [6, 6.07) is 14.3. The highest BCUT2D eigenvalue weighted by molar-refractivity contribution is 6.27. The fraction of sp³-hybridized carbons (Fsp3) is 0.857. The predicted octanol–water partition coefficient (Wildman–Crippen LogP) is 45.0. The fourth-order valence-corrected chi connectivity index (χ4v) is 20.7. The average molecular weight is 1840 g/mol. The Hall–Kier alpha value is -3.54. The summed E-state index contributed by atoms with van der Waals surface area (Å²) in [6.07, 6.45) is 130. The van der Waals surface area contributed by atoms with Crippen molar-refractivity contribution in [2.75, 3.05) is 39.6 Å². The maximum absolute atomic E-state index is 7.16. The van der Waals surface area contributed by atoms with Crippen molar-refractivity contribution >= 4 is 32.3 Å². The minimum atomic E-state index is 0.688. The molecule has 132 heavy (non-hydrogen) atoms. The van der Waals surface area contributed by atoms with Crippen LogP contribution in [0.3, 0.4) is 0 Å². The van der Waals surface area contributed by atoms with Gasteiger partial charge in [0.2, 0.25) is 0 Å². The lowest BCUT2D eigenvalue weighted by molar-refractivity contribution is 0.258. The van der Waals surface area contributed by atoms with E-state index in [0.717, 1.165) is 73.0 Å². The van der Waals surface area contributed by atoms with E-state index < -0.39 is 0 Å². The minimum Gasteiger partial charge on any atom is -0.490 e. The van der Waals surface area contributed by atoms with E-state index in [1.807, 2.05) is 0 Å². The second-order valence-electron chi connectivity index (χ2n) is 42.4. The van der Waals surface area contributed by atoms with Crippen LogP contribution in [0.15, 0.2) is 36.4 Å². The molecule has 0 amide bonds. The fourth-order valence-electron chi connectivity index (χ4n) is 20.7. The molecule has 6 nitrogen and oxygen atoms in total. The van der Waals surface area contributed by atoms with Gasteiger partial charge < -0.3 is 28.4 Å². The maximum Gasteiger partial charge on any atom is 0.161 e. The lowest BCUT2D eigenvalue weighted by Crippen LogP contribution is -2.05. The molecule has 0 aliphatic carbocycles. The number of hydrogen-bond acceptors (Lipinski definition) is 6. The van der Waals surface area contributed by atoms with Crippen molar-refractivity contribution in [3.05, 3.63) is 36.4 Å². The second-order valence-corrected chi connectivity index (χ2v) is 42.4. The zero-order valence-corrected chi connectivity index (χ0v) is 90.0. The molecule has 4 aromatic rings. The molecule has 0 aromatic heterocycles. The van der Waals surface area contributed by atoms with Gasteiger partial charge >= 0.3 is 0 Å². The lowest BCUT2D eigenvalue weighted by atomic mass is 9.93. The van der Waals surface area contributed by atoms with Gasteiger partial charge in [0.15, 0.2) is 34.5 Å². The molecule has 4 aromatic carbocycles. The Labute approximate surface area is 824 Å². The lowest BCUT2D eigenvalue weighted by Gasteiger charge is -2.21. The van der Waals surface area contributed by atoms with Gasteiger partial charge in [-0.25, -0.2) is 0 Å². The summed E-state index contributed by atoms with van der Waals surface area (Å²) >= 11 is 0. The van der Waals surface area contributed by atoms with Crippen LogP contribution in [0, 0.1) is 0 Å². The highest BCUT2D eigenvalue weighted by Gasteiger charge is 2.22. The minimum absolute atomic E-state index is 0.688. The summed E-state index contributed by atoms with van der Waals surface area (Å²) in [7, 11) is 0. The van der Waals surface area contributed by atoms with E-state index in [0.29, 0.717) is 39.6 Å². The SMILES string of the molecule is CCCCCCCCCCCCCCCCCCOc1cc2c3cc(OCCCCCCCCCCCCCCCCCC)c(OCCCCCCCCCCCCCCCCCC)cc3c3cc(OCCCCCCCCCCCCCCCCCC)c(OCCCCCCCCCCCCCCCCCC)cc3c2cc1OCCCCCCCCCCCCCCCCCC. The smallest absolute Gasteiger partial charge is 0.161 e. The molecule has 0 N–H and O–H groups in total. The first-order valence-corrected chi connectivity index (χ1v) is 60.9. The van der Waals surface area contributed by atoms with E-state index >= 15 is 0 Å². The van der Waals surface area contributed by atoms with Crippen molar-refractivity contribution < 1.29 is 28.4 Å². The van der Waals surface area contributed by atoms with Crippen LogP contribution in [-0.2, 0) is 0 Å². The zero-order chi connectivity index (χ0) is 93.5. The standard InChI is InChI=1S/C126H228O6/c1-7-13-19-25-31-37-43-49-55-61-67-73-79-85-91-97-103-127-121-109-115-116(110-122(121)128-104-98-92-86-80-74-68-62-56-50-44-38-32-26-20-14-8-2)118-112-124(130-106-100-94-88-82-76-70-64-58-52-46-40-34-28-22-16-10-4)126(132-108-102-96-90-84-78-72-66-60-54-48-42-36-30-24-18-12-6)114-120(118)119-113-125(131-107-101-95-89-83-77-71-65-59-53-47-41-35-29-23-17-11-5)123(111-117(115)119)129-105-99-93-87-81-75-69-63-57-51-45-39-33-27-21-15-9-3/h109-114H,7-108H2,1-6H3. The first-order chi connectivity index (χ1) is 65.6. The summed E-state index contributed by atoms with van der Waals surface area (Å²) in [5, 5.41) is 7.06. The molecule has 6 heteroatoms. The monoisotopic (exact) mass is 1840 g/mol. The molecule has 768 valence electrons. The van der Waals surface area contributed by atoms with E-state index in [2.05, 4.69) is 77.9 Å². The van der Waals surface area contributed by atoms with E-state index in [1.54, 1.807) is 0 Å². The molecule has 0 aliphatic heterocycles. The Morgan fingerprint density at radius 3 is 0.242 bits per heavy atom. The third-order valence-corrected chi connectivity index (χ3v) is 29.7. The van der Waals surface area contributed by atoms with Crippen LogP contribution in [0.1, 0.15) is 658 Å². The highest BCUT2D eigenvalue weighted by atomic mass is 16.5. The number of hydrogen-bond donors (Lipinski definition) is 0. The quantitative estimate of drug-likeness (QED) is 0.0324. The Balaban J connectivity index is 1.70. The molecular weight excluding hydrogens is 1610 g/mol. The number of fused-ring (bicyclic) bond motifs is 6. The molecular formula is C126H228O6. The molecule has 0 atom stereocenters. The van der Waals surface area contributed by atoms with Gasteiger partial charge in [-0.1, -0.05) is 619 Å². The van der Waals surface area contributed by atoms with Crippen molar-refractivity contribution in [1.29, 1.82) is 0 Å². The summed E-state index contributed by atoms with van der Waals surface area (Å²) in [5.41, 5.74) is 0. The van der Waals surface area contributed by atoms with Gasteiger partial charge in [-0.05, 0) is 107 Å². The van der Waals surface area contributed by atoms with Gasteiger partial charge in [-0.15, -0.1) is 0 Å². The summed E-state index contributed by atoms with van der Waals surface area (Å²) < 4.78 is 42.9. The van der Waals surface area contributed by atoms with E-state index in [9.17, 15) is 0 Å². The van der Waals surface area contributed by atoms with Crippen molar-refractivity contribution in [3.63, 3.8) is 0 Å². The Bertz CT molecular complexity index is 2490. The number of ether oxygens (including phenoxy) is 6. The van der Waals surface area contributed by atoms with Crippen molar-refractivity contribution in [3.8, 4) is 34.5 Å². The highest BCUT2D eigenvalue weighted by Crippen LogP contribution is 2.48. The van der Waals surface area contributed by atoms with Crippen LogP contribution in [0.5, 0.6) is 34.5 Å². The molecule has 0 radical (unpaired) electrons. The molecule has 0 heterocycles. The summed E-state index contributed by atoms with van der Waals surface area (Å²) in [4.78, 5) is 0. The molecule has 0 spiro atoms. The van der Waals surface area contributed by atoms with Crippen LogP contribution in [0.2, 0.25) is 0 Å². The Morgan fingerprint density at radius 1 is 0.0985 bits per heavy atom. The van der Waals surface area contributed by atoms with E-state index in [4.69, 9.17) is 28.4 Å². The van der Waals surface area contributed by atoms with E-state index in [1.165, 1.54) is 610 Å². The topological polar surface area (TPSA) is 55.4 Å². The number of rotatable bonds is 108. The van der Waals surface area contributed by atoms with Crippen molar-refractivity contribution in [2.24, 2.45) is 0 Å². The summed E-state index contributed by atoms with van der Waals surface area (Å²) in [5.74, 6) is 5.24. The summed E-state index contributed by atoms with van der Waals surface area (Å²) in [6.45, 7) is 18.1. The van der Waals surface area contributed by atoms with Gasteiger partial charge in [0, 0.05) is 0 Å². The van der Waals surface area contributed by atoms with Crippen molar-refractivity contribution in [2.45, 2.75) is 658 Å². The maximum atomic E-state index is 7.16. The molecule has 0 saturated heterocycles. The first kappa shape index (κ1) is 121. The van der Waals surface area contributed by atoms with Gasteiger partial charge in [0.05, 0.1) is 39.6 Å². The molecule has 0 saturated carbocycles. The van der Waals surface area contributed by atoms with Crippen LogP contribution in [-0.4, -0.2) is 39.6 Å². The zero-order valence-electron chi connectivity index (χ0n) is 90.0. The normalized spacial score (nSPS) is 11.8. The molecule has 4 rings (SSSR count). The molecule has 0 unspecified atom stereocenters. The van der Waals surface area contributed by atoms with Crippen LogP contribution < -0.4 is 28.4 Å². The van der Waals surface area contributed by atoms with Crippen LogP contribution in [0.4, 0.5) is 0 Å². The molecule has 0 aliphatic rings. The predicted molar refractivity (Wildman–Crippen MR) is 589 cm³/mol. The van der Waals surface area contributed by atoms with Gasteiger partial charge in [0.25, 0.3) is 0 Å². The third kappa shape index (κ3) is 68.5. The molecule has 0 fully saturated rings. The number of benzene rings is 4. The number of unbranched alkanes of at least 4 members (excludes halogenated alkanes) is 90. The van der Waals surface area contributed by atoms with Crippen LogP contribution >= 0.6 is 0 Å². The second kappa shape index (κ2) is 95.0. The van der Waals surface area contributed by atoms with Crippen LogP contribution in [0.25, 0.3) is 32.3 Å². The first-order valence-electron chi connectivity index (χ1n) is 60.9. The Morgan fingerprint density at radius 2 is 0.167 bits per heavy atom. The van der Waals surface area contributed by atoms with Crippen molar-refractivity contribution in [1.82, 2.24) is 0 Å². The average Bonchev–Trinajstić information content (AvgIpc) is 0.725. The Kier molecular flexibility index (Phi) is 86.9. The third-order valence-electron chi connectivity index (χ3n) is 29.7. The molecule has 0 bridgehead atoms. The van der Waals surface area contributed by atoms with Gasteiger partial charge in [0.1, 0.15) is 0 Å². The largest absolute Gasteiger partial charge is 0.490 e. The van der Waals surface area contributed by atoms with Gasteiger partial charge in [-0.3, -0.25) is 0 Å². The van der Waals surface area contributed by atoms with Gasteiger partial charge in [-0.2, -0.15) is 0 Å².